The number of phenols is 1. The quantitative estimate of drug-likeness (QED) is 0.730. The summed E-state index contributed by atoms with van der Waals surface area (Å²) in [6, 6.07) is 3.62. The molecule has 0 bridgehead atoms. The Kier molecular flexibility index (Phi) is 4.62. The van der Waals surface area contributed by atoms with Gasteiger partial charge in [0, 0.05) is 23.6 Å². The number of anilines is 1. The number of aromatic carboxylic acids is 1. The van der Waals surface area contributed by atoms with E-state index in [9.17, 15) is 14.7 Å². The van der Waals surface area contributed by atoms with Crippen molar-refractivity contribution in [2.45, 2.75) is 25.1 Å². The van der Waals surface area contributed by atoms with Crippen molar-refractivity contribution in [3.05, 3.63) is 23.8 Å². The second-order valence-corrected chi connectivity index (χ2v) is 6.46. The van der Waals surface area contributed by atoms with Crippen LogP contribution in [0.1, 0.15) is 24.2 Å². The third-order valence-corrected chi connectivity index (χ3v) is 4.96. The number of carbonyl (C=O) groups is 2. The minimum Gasteiger partial charge on any atom is -0.508 e. The number of urea groups is 1. The fourth-order valence-electron chi connectivity index (χ4n) is 2.22. The number of nitrogens with zero attached hydrogens (tertiary/aromatic N) is 1. The zero-order valence-corrected chi connectivity index (χ0v) is 12.7. The summed E-state index contributed by atoms with van der Waals surface area (Å²) in [6.45, 7) is 4.67. The molecule has 1 aliphatic heterocycles. The molecule has 0 saturated carbocycles. The second-order valence-electron chi connectivity index (χ2n) is 4.98. The Morgan fingerprint density at radius 3 is 2.76 bits per heavy atom. The number of hydrogen-bond donors (Lipinski definition) is 3. The van der Waals surface area contributed by atoms with Crippen molar-refractivity contribution >= 4 is 29.4 Å². The fraction of sp³-hybridized carbons (Fsp3) is 0.429. The van der Waals surface area contributed by atoms with Crippen molar-refractivity contribution in [2.24, 2.45) is 0 Å². The van der Waals surface area contributed by atoms with Crippen LogP contribution in [-0.2, 0) is 0 Å². The summed E-state index contributed by atoms with van der Waals surface area (Å²) in [5.74, 6) is -0.487. The normalized spacial score (nSPS) is 21.9. The minimum atomic E-state index is -1.20. The van der Waals surface area contributed by atoms with Gasteiger partial charge in [0.05, 0.1) is 11.3 Å². The predicted octanol–water partition coefficient (Wildman–Crippen LogP) is 2.45. The molecule has 2 amide bonds. The number of amides is 2. The van der Waals surface area contributed by atoms with Crippen molar-refractivity contribution < 1.29 is 19.8 Å². The summed E-state index contributed by atoms with van der Waals surface area (Å²) < 4.78 is 0. The SMILES string of the molecule is CC1SCCN(C(=O)Nc2ccc(O)cc2C(=O)O)C1C. The molecule has 2 atom stereocenters. The fourth-order valence-corrected chi connectivity index (χ4v) is 3.32. The summed E-state index contributed by atoms with van der Waals surface area (Å²) in [6.07, 6.45) is 0. The Morgan fingerprint density at radius 2 is 2.10 bits per heavy atom. The average molecular weight is 310 g/mol. The summed E-state index contributed by atoms with van der Waals surface area (Å²) in [7, 11) is 0. The molecule has 3 N–H and O–H groups in total. The van der Waals surface area contributed by atoms with Crippen molar-refractivity contribution in [3.8, 4) is 5.75 Å². The maximum Gasteiger partial charge on any atom is 0.337 e. The highest BCUT2D eigenvalue weighted by Gasteiger charge is 2.29. The molecule has 114 valence electrons. The van der Waals surface area contributed by atoms with Crippen LogP contribution in [0.2, 0.25) is 0 Å². The van der Waals surface area contributed by atoms with Gasteiger partial charge in [0.1, 0.15) is 5.75 Å². The summed E-state index contributed by atoms with van der Waals surface area (Å²) in [4.78, 5) is 25.2. The van der Waals surface area contributed by atoms with E-state index in [-0.39, 0.29) is 29.1 Å². The molecule has 1 saturated heterocycles. The topological polar surface area (TPSA) is 89.9 Å². The van der Waals surface area contributed by atoms with Gasteiger partial charge in [0.15, 0.2) is 0 Å². The van der Waals surface area contributed by atoms with Gasteiger partial charge in [-0.1, -0.05) is 6.92 Å². The maximum absolute atomic E-state index is 12.3. The first-order chi connectivity index (χ1) is 9.90. The van der Waals surface area contributed by atoms with Gasteiger partial charge in [-0.15, -0.1) is 0 Å². The molecule has 0 aliphatic carbocycles. The van der Waals surface area contributed by atoms with Crippen LogP contribution in [0.15, 0.2) is 18.2 Å². The number of benzene rings is 1. The van der Waals surface area contributed by atoms with E-state index in [2.05, 4.69) is 12.2 Å². The van der Waals surface area contributed by atoms with Crippen molar-refractivity contribution in [1.29, 1.82) is 0 Å². The van der Waals surface area contributed by atoms with Crippen LogP contribution in [0.3, 0.4) is 0 Å². The lowest BCUT2D eigenvalue weighted by Gasteiger charge is -2.37. The first kappa shape index (κ1) is 15.5. The highest BCUT2D eigenvalue weighted by Crippen LogP contribution is 2.26. The second kappa shape index (κ2) is 6.26. The van der Waals surface area contributed by atoms with Gasteiger partial charge in [-0.2, -0.15) is 11.8 Å². The largest absolute Gasteiger partial charge is 0.508 e. The highest BCUT2D eigenvalue weighted by atomic mass is 32.2. The number of carboxylic acids is 1. The monoisotopic (exact) mass is 310 g/mol. The van der Waals surface area contributed by atoms with Crippen LogP contribution in [-0.4, -0.2) is 50.7 Å². The van der Waals surface area contributed by atoms with Gasteiger partial charge in [0.2, 0.25) is 0 Å². The van der Waals surface area contributed by atoms with Gasteiger partial charge in [0.25, 0.3) is 0 Å². The van der Waals surface area contributed by atoms with Gasteiger partial charge in [-0.05, 0) is 25.1 Å². The molecule has 21 heavy (non-hydrogen) atoms. The molecule has 2 unspecified atom stereocenters. The van der Waals surface area contributed by atoms with E-state index in [1.54, 1.807) is 4.90 Å². The van der Waals surface area contributed by atoms with Crippen LogP contribution in [0.25, 0.3) is 0 Å². The average Bonchev–Trinajstić information content (AvgIpc) is 2.43. The predicted molar refractivity (Wildman–Crippen MR) is 82.2 cm³/mol. The summed E-state index contributed by atoms with van der Waals surface area (Å²) in [5, 5.41) is 21.4. The number of hydrogen-bond acceptors (Lipinski definition) is 4. The maximum atomic E-state index is 12.3. The zero-order chi connectivity index (χ0) is 15.6. The van der Waals surface area contributed by atoms with Gasteiger partial charge >= 0.3 is 12.0 Å². The van der Waals surface area contributed by atoms with Gasteiger partial charge < -0.3 is 20.4 Å². The van der Waals surface area contributed by atoms with E-state index < -0.39 is 5.97 Å². The number of carboxylic acid groups (broad SMARTS) is 1. The first-order valence-corrected chi connectivity index (χ1v) is 7.70. The number of rotatable bonds is 2. The highest BCUT2D eigenvalue weighted by molar-refractivity contribution is 8.00. The molecule has 1 aromatic rings. The van der Waals surface area contributed by atoms with Crippen LogP contribution < -0.4 is 5.32 Å². The van der Waals surface area contributed by atoms with Gasteiger partial charge in [-0.25, -0.2) is 9.59 Å². The molecule has 2 rings (SSSR count). The number of phenolic OH excluding ortho intramolecular Hbond substituents is 1. The van der Waals surface area contributed by atoms with Crippen LogP contribution >= 0.6 is 11.8 Å². The van der Waals surface area contributed by atoms with Crippen molar-refractivity contribution in [3.63, 3.8) is 0 Å². The lowest BCUT2D eigenvalue weighted by molar-refractivity contribution is 0.0697. The molecular weight excluding hydrogens is 292 g/mol. The standard InChI is InChI=1S/C14H18N2O4S/c1-8-9(2)21-6-5-16(8)14(20)15-12-4-3-10(17)7-11(12)13(18)19/h3-4,7-9,17H,5-6H2,1-2H3,(H,15,20)(H,18,19). The summed E-state index contributed by atoms with van der Waals surface area (Å²) >= 11 is 1.81. The molecule has 0 spiro atoms. The number of nitrogens with one attached hydrogen (secondary N) is 1. The Morgan fingerprint density at radius 1 is 1.38 bits per heavy atom. The van der Waals surface area contributed by atoms with Crippen molar-refractivity contribution in [1.82, 2.24) is 4.90 Å². The Bertz CT molecular complexity index is 564. The molecule has 6 nitrogen and oxygen atoms in total. The number of aromatic hydroxyl groups is 1. The van der Waals surface area contributed by atoms with E-state index in [0.29, 0.717) is 11.8 Å². The van der Waals surface area contributed by atoms with Crippen LogP contribution in [0.5, 0.6) is 5.75 Å². The van der Waals surface area contributed by atoms with Crippen LogP contribution in [0.4, 0.5) is 10.5 Å². The van der Waals surface area contributed by atoms with E-state index >= 15 is 0 Å². The van der Waals surface area contributed by atoms with E-state index in [1.165, 1.54) is 12.1 Å². The minimum absolute atomic E-state index is 0.0779. The molecule has 1 aliphatic rings. The molecule has 0 radical (unpaired) electrons. The van der Waals surface area contributed by atoms with E-state index in [1.807, 2.05) is 18.7 Å². The zero-order valence-electron chi connectivity index (χ0n) is 11.9. The third kappa shape index (κ3) is 3.41. The number of carbonyl (C=O) groups excluding carboxylic acids is 1. The Balaban J connectivity index is 2.18. The summed E-state index contributed by atoms with van der Waals surface area (Å²) in [5.41, 5.74) is 0.0545. The van der Waals surface area contributed by atoms with E-state index in [0.717, 1.165) is 11.8 Å². The lowest BCUT2D eigenvalue weighted by Crippen LogP contribution is -2.49. The smallest absolute Gasteiger partial charge is 0.337 e. The molecule has 0 aromatic heterocycles. The van der Waals surface area contributed by atoms with Crippen LogP contribution in [0, 0.1) is 0 Å². The first-order valence-electron chi connectivity index (χ1n) is 6.65. The van der Waals surface area contributed by atoms with Crippen molar-refractivity contribution in [2.75, 3.05) is 17.6 Å². The molecule has 7 heteroatoms. The van der Waals surface area contributed by atoms with E-state index in [4.69, 9.17) is 5.11 Å². The van der Waals surface area contributed by atoms with Gasteiger partial charge in [-0.3, -0.25) is 0 Å². The molecule has 1 aromatic carbocycles. The lowest BCUT2D eigenvalue weighted by atomic mass is 10.1. The Labute approximate surface area is 127 Å². The molecule has 1 heterocycles. The molecular formula is C14H18N2O4S. The Hall–Kier alpha value is -1.89. The number of thioether (sulfide) groups is 1. The molecule has 1 fully saturated rings. The third-order valence-electron chi connectivity index (χ3n) is 3.62.